The first kappa shape index (κ1) is 13.7. The largest absolute Gasteiger partial charge is 0.489 e. The van der Waals surface area contributed by atoms with Gasteiger partial charge in [0.25, 0.3) is 5.91 Å². The molecule has 0 radical (unpaired) electrons. The topological polar surface area (TPSA) is 103 Å². The maximum atomic E-state index is 11.0. The molecule has 0 bridgehead atoms. The van der Waals surface area contributed by atoms with Gasteiger partial charge in [0, 0.05) is 19.3 Å². The number of ether oxygens (including phenoxy) is 1. The molecule has 2 rings (SSSR count). The second-order valence-corrected chi connectivity index (χ2v) is 4.20. The van der Waals surface area contributed by atoms with Crippen LogP contribution in [0.2, 0.25) is 0 Å². The highest BCUT2D eigenvalue weighted by Crippen LogP contribution is 2.24. The van der Waals surface area contributed by atoms with Gasteiger partial charge in [-0.25, -0.2) is 0 Å². The van der Waals surface area contributed by atoms with Crippen LogP contribution < -0.4 is 21.5 Å². The molecule has 0 aliphatic rings. The van der Waals surface area contributed by atoms with Crippen molar-refractivity contribution >= 4 is 17.3 Å². The van der Waals surface area contributed by atoms with Gasteiger partial charge in [-0.05, 0) is 29.8 Å². The molecule has 0 fully saturated rings. The lowest BCUT2D eigenvalue weighted by Crippen LogP contribution is -2.13. The molecule has 6 nitrogen and oxygen atoms in total. The van der Waals surface area contributed by atoms with Gasteiger partial charge in [-0.15, -0.1) is 0 Å². The Bertz CT molecular complexity index is 628. The van der Waals surface area contributed by atoms with Gasteiger partial charge in [0.15, 0.2) is 0 Å². The van der Waals surface area contributed by atoms with E-state index in [4.69, 9.17) is 16.2 Å². The standard InChI is InChI=1S/C14H16N4O2/c1-17-12-3-2-10(7-11(12)15)20-8-9-4-5-18-13(6-9)14(16)19/h2-7,17H,8,15H2,1H3,(H2,16,19). The zero-order valence-corrected chi connectivity index (χ0v) is 11.1. The monoisotopic (exact) mass is 272 g/mol. The smallest absolute Gasteiger partial charge is 0.267 e. The molecule has 1 aromatic heterocycles. The van der Waals surface area contributed by atoms with Crippen LogP contribution in [0.15, 0.2) is 36.5 Å². The summed E-state index contributed by atoms with van der Waals surface area (Å²) in [6.45, 7) is 0.307. The fraction of sp³-hybridized carbons (Fsp3) is 0.143. The summed E-state index contributed by atoms with van der Waals surface area (Å²) in [5.41, 5.74) is 13.5. The summed E-state index contributed by atoms with van der Waals surface area (Å²) in [4.78, 5) is 14.9. The second-order valence-electron chi connectivity index (χ2n) is 4.20. The number of anilines is 2. The molecule has 0 atom stereocenters. The molecule has 0 aliphatic heterocycles. The first-order valence-electron chi connectivity index (χ1n) is 6.05. The van der Waals surface area contributed by atoms with E-state index in [1.807, 2.05) is 12.1 Å². The number of amides is 1. The molecule has 1 amide bonds. The van der Waals surface area contributed by atoms with E-state index in [2.05, 4.69) is 10.3 Å². The number of hydrogen-bond acceptors (Lipinski definition) is 5. The van der Waals surface area contributed by atoms with Crippen LogP contribution >= 0.6 is 0 Å². The summed E-state index contributed by atoms with van der Waals surface area (Å²) >= 11 is 0. The van der Waals surface area contributed by atoms with Crippen molar-refractivity contribution in [3.05, 3.63) is 47.8 Å². The lowest BCUT2D eigenvalue weighted by molar-refractivity contribution is 0.0995. The fourth-order valence-electron chi connectivity index (χ4n) is 1.72. The number of nitrogens with one attached hydrogen (secondary N) is 1. The molecular formula is C14H16N4O2. The number of primary amides is 1. The van der Waals surface area contributed by atoms with E-state index < -0.39 is 5.91 Å². The van der Waals surface area contributed by atoms with E-state index in [1.165, 1.54) is 6.20 Å². The Kier molecular flexibility index (Phi) is 4.05. The van der Waals surface area contributed by atoms with Gasteiger partial charge in [-0.2, -0.15) is 0 Å². The highest BCUT2D eigenvalue weighted by molar-refractivity contribution is 5.90. The summed E-state index contributed by atoms with van der Waals surface area (Å²) in [6, 6.07) is 8.76. The number of carbonyl (C=O) groups excluding carboxylic acids is 1. The first-order chi connectivity index (χ1) is 9.60. The van der Waals surface area contributed by atoms with Crippen LogP contribution in [0.5, 0.6) is 5.75 Å². The zero-order chi connectivity index (χ0) is 14.5. The van der Waals surface area contributed by atoms with E-state index >= 15 is 0 Å². The van der Waals surface area contributed by atoms with E-state index in [0.29, 0.717) is 18.0 Å². The van der Waals surface area contributed by atoms with Crippen LogP contribution in [0.25, 0.3) is 0 Å². The minimum absolute atomic E-state index is 0.219. The third kappa shape index (κ3) is 3.17. The predicted molar refractivity (Wildman–Crippen MR) is 77.5 cm³/mol. The normalized spacial score (nSPS) is 10.1. The Labute approximate surface area is 116 Å². The Balaban J connectivity index is 2.07. The number of nitrogens with two attached hydrogens (primary N) is 2. The predicted octanol–water partition coefficient (Wildman–Crippen LogP) is 1.38. The summed E-state index contributed by atoms with van der Waals surface area (Å²) in [5.74, 6) is 0.0911. The molecule has 2 aromatic rings. The number of hydrogen-bond donors (Lipinski definition) is 3. The Hall–Kier alpha value is -2.76. The summed E-state index contributed by atoms with van der Waals surface area (Å²) in [7, 11) is 1.80. The van der Waals surface area contributed by atoms with Crippen molar-refractivity contribution in [1.29, 1.82) is 0 Å². The van der Waals surface area contributed by atoms with Crippen LogP contribution in [-0.2, 0) is 6.61 Å². The van der Waals surface area contributed by atoms with Gasteiger partial charge in [0.05, 0.1) is 11.4 Å². The average molecular weight is 272 g/mol. The van der Waals surface area contributed by atoms with Gasteiger partial charge >= 0.3 is 0 Å². The maximum absolute atomic E-state index is 11.0. The number of benzene rings is 1. The third-order valence-electron chi connectivity index (χ3n) is 2.77. The number of nitrogen functional groups attached to an aromatic ring is 1. The number of carbonyl (C=O) groups is 1. The average Bonchev–Trinajstić information content (AvgIpc) is 2.45. The van der Waals surface area contributed by atoms with Crippen molar-refractivity contribution in [1.82, 2.24) is 4.98 Å². The molecule has 6 heteroatoms. The second kappa shape index (κ2) is 5.92. The quantitative estimate of drug-likeness (QED) is 0.713. The molecule has 1 heterocycles. The van der Waals surface area contributed by atoms with Crippen molar-refractivity contribution in [2.24, 2.45) is 5.73 Å². The lowest BCUT2D eigenvalue weighted by atomic mass is 10.2. The van der Waals surface area contributed by atoms with Crippen LogP contribution in [0, 0.1) is 0 Å². The van der Waals surface area contributed by atoms with Crippen molar-refractivity contribution in [2.45, 2.75) is 6.61 Å². The van der Waals surface area contributed by atoms with E-state index in [9.17, 15) is 4.79 Å². The number of rotatable bonds is 5. The van der Waals surface area contributed by atoms with Gasteiger partial charge in [0.2, 0.25) is 0 Å². The summed E-state index contributed by atoms with van der Waals surface area (Å²) in [5, 5.41) is 2.98. The van der Waals surface area contributed by atoms with Gasteiger partial charge in [-0.1, -0.05) is 0 Å². The molecule has 0 saturated heterocycles. The molecule has 0 aliphatic carbocycles. The molecule has 1 aromatic carbocycles. The highest BCUT2D eigenvalue weighted by Gasteiger charge is 2.04. The fourth-order valence-corrected chi connectivity index (χ4v) is 1.72. The van der Waals surface area contributed by atoms with Crippen molar-refractivity contribution in [3.63, 3.8) is 0 Å². The van der Waals surface area contributed by atoms with Gasteiger partial charge in [0.1, 0.15) is 18.1 Å². The van der Waals surface area contributed by atoms with E-state index in [1.54, 1.807) is 25.2 Å². The Morgan fingerprint density at radius 3 is 2.80 bits per heavy atom. The maximum Gasteiger partial charge on any atom is 0.267 e. The number of nitrogens with zero attached hydrogens (tertiary/aromatic N) is 1. The summed E-state index contributed by atoms with van der Waals surface area (Å²) < 4.78 is 5.62. The molecule has 104 valence electrons. The minimum atomic E-state index is -0.561. The van der Waals surface area contributed by atoms with Gasteiger partial charge in [-0.3, -0.25) is 9.78 Å². The number of pyridine rings is 1. The Morgan fingerprint density at radius 1 is 1.35 bits per heavy atom. The molecular weight excluding hydrogens is 256 g/mol. The minimum Gasteiger partial charge on any atom is -0.489 e. The van der Waals surface area contributed by atoms with E-state index in [-0.39, 0.29) is 5.69 Å². The molecule has 5 N–H and O–H groups in total. The van der Waals surface area contributed by atoms with Crippen molar-refractivity contribution in [2.75, 3.05) is 18.1 Å². The van der Waals surface area contributed by atoms with Crippen LogP contribution in [-0.4, -0.2) is 17.9 Å². The number of aromatic nitrogens is 1. The van der Waals surface area contributed by atoms with Crippen molar-refractivity contribution in [3.8, 4) is 5.75 Å². The van der Waals surface area contributed by atoms with Gasteiger partial charge < -0.3 is 21.5 Å². The van der Waals surface area contributed by atoms with E-state index in [0.717, 1.165) is 11.3 Å². The molecule has 0 saturated carbocycles. The lowest BCUT2D eigenvalue weighted by Gasteiger charge is -2.10. The Morgan fingerprint density at radius 2 is 2.15 bits per heavy atom. The van der Waals surface area contributed by atoms with Crippen LogP contribution in [0.1, 0.15) is 16.1 Å². The third-order valence-corrected chi connectivity index (χ3v) is 2.77. The SMILES string of the molecule is CNc1ccc(OCc2ccnc(C(N)=O)c2)cc1N. The van der Waals surface area contributed by atoms with Crippen LogP contribution in [0.3, 0.4) is 0 Å². The zero-order valence-electron chi connectivity index (χ0n) is 11.1. The molecule has 0 spiro atoms. The van der Waals surface area contributed by atoms with Crippen molar-refractivity contribution < 1.29 is 9.53 Å². The first-order valence-corrected chi connectivity index (χ1v) is 6.05. The highest BCUT2D eigenvalue weighted by atomic mass is 16.5. The van der Waals surface area contributed by atoms with Crippen LogP contribution in [0.4, 0.5) is 11.4 Å². The summed E-state index contributed by atoms with van der Waals surface area (Å²) in [6.07, 6.45) is 1.53. The molecule has 20 heavy (non-hydrogen) atoms. The molecule has 0 unspecified atom stereocenters.